The summed E-state index contributed by atoms with van der Waals surface area (Å²) < 4.78 is 0. The van der Waals surface area contributed by atoms with E-state index in [1.54, 1.807) is 0 Å². The van der Waals surface area contributed by atoms with E-state index >= 15 is 0 Å². The van der Waals surface area contributed by atoms with Gasteiger partial charge >= 0.3 is 0 Å². The van der Waals surface area contributed by atoms with Crippen LogP contribution >= 0.6 is 0 Å². The van der Waals surface area contributed by atoms with Gasteiger partial charge in [0.25, 0.3) is 0 Å². The van der Waals surface area contributed by atoms with Crippen LogP contribution in [0.5, 0.6) is 0 Å². The molecule has 0 amide bonds. The molecule has 13 heavy (non-hydrogen) atoms. The van der Waals surface area contributed by atoms with E-state index in [0.29, 0.717) is 0 Å². The highest BCUT2D eigenvalue weighted by molar-refractivity contribution is 5.07. The number of nitrogens with one attached hydrogen (secondary N) is 2. The second-order valence-corrected chi connectivity index (χ2v) is 3.60. The second kappa shape index (κ2) is 4.44. The molecule has 0 spiro atoms. The highest BCUT2D eigenvalue weighted by Crippen LogP contribution is 2.06. The molecule has 0 aliphatic carbocycles. The number of hydrogen-bond acceptors (Lipinski definition) is 2. The number of H-pyrrole nitrogens is 1. The summed E-state index contributed by atoms with van der Waals surface area (Å²) in [6.45, 7) is 3.35. The molecule has 3 heteroatoms. The number of aromatic nitrogens is 1. The monoisotopic (exact) mass is 179 g/mol. The van der Waals surface area contributed by atoms with E-state index in [1.807, 2.05) is 12.4 Å². The fourth-order valence-electron chi connectivity index (χ4n) is 1.72. The topological polar surface area (TPSA) is 31.1 Å². The third-order valence-corrected chi connectivity index (χ3v) is 2.53. The van der Waals surface area contributed by atoms with Crippen molar-refractivity contribution in [2.24, 2.45) is 0 Å². The predicted octanol–water partition coefficient (Wildman–Crippen LogP) is 1.51. The maximum Gasteiger partial charge on any atom is 0.0368 e. The molecule has 0 unspecified atom stereocenters. The van der Waals surface area contributed by atoms with Crippen molar-refractivity contribution in [2.45, 2.75) is 25.8 Å². The van der Waals surface area contributed by atoms with E-state index in [-0.39, 0.29) is 0 Å². The van der Waals surface area contributed by atoms with Crippen LogP contribution in [0.4, 0.5) is 0 Å². The lowest BCUT2D eigenvalue weighted by molar-refractivity contribution is 0.151. The van der Waals surface area contributed by atoms with Crippen molar-refractivity contribution in [3.63, 3.8) is 0 Å². The summed E-state index contributed by atoms with van der Waals surface area (Å²) >= 11 is 0. The summed E-state index contributed by atoms with van der Waals surface area (Å²) in [6.07, 6.45) is 8.06. The highest BCUT2D eigenvalue weighted by atomic mass is 15.5. The van der Waals surface area contributed by atoms with Gasteiger partial charge < -0.3 is 4.98 Å². The van der Waals surface area contributed by atoms with Crippen LogP contribution in [-0.2, 0) is 6.54 Å². The van der Waals surface area contributed by atoms with Gasteiger partial charge in [0.1, 0.15) is 0 Å². The summed E-state index contributed by atoms with van der Waals surface area (Å²) in [5.74, 6) is 0. The number of hydrogen-bond donors (Lipinski definition) is 2. The third-order valence-electron chi connectivity index (χ3n) is 2.53. The third kappa shape index (κ3) is 2.57. The maximum atomic E-state index is 3.44. The van der Waals surface area contributed by atoms with Gasteiger partial charge in [-0.25, -0.2) is 5.01 Å². The normalized spacial score (nSPS) is 19.1. The van der Waals surface area contributed by atoms with Gasteiger partial charge in [0.15, 0.2) is 0 Å². The van der Waals surface area contributed by atoms with Crippen LogP contribution in [-0.4, -0.2) is 23.1 Å². The van der Waals surface area contributed by atoms with Crippen molar-refractivity contribution in [1.82, 2.24) is 15.4 Å². The Balaban J connectivity index is 1.72. The summed E-state index contributed by atoms with van der Waals surface area (Å²) in [4.78, 5) is 3.06. The lowest BCUT2D eigenvalue weighted by Gasteiger charge is -2.26. The first kappa shape index (κ1) is 8.78. The highest BCUT2D eigenvalue weighted by Gasteiger charge is 2.08. The number of rotatable bonds is 3. The minimum atomic E-state index is 0.948. The molecule has 2 N–H and O–H groups in total. The lowest BCUT2D eigenvalue weighted by atomic mass is 10.2. The van der Waals surface area contributed by atoms with Crippen LogP contribution < -0.4 is 5.43 Å². The molecule has 1 aliphatic rings. The van der Waals surface area contributed by atoms with Crippen molar-refractivity contribution < 1.29 is 0 Å². The fraction of sp³-hybridized carbons (Fsp3) is 0.600. The first-order chi connectivity index (χ1) is 6.45. The smallest absolute Gasteiger partial charge is 0.0368 e. The van der Waals surface area contributed by atoms with Gasteiger partial charge in [0, 0.05) is 32.0 Å². The predicted molar refractivity (Wildman–Crippen MR) is 53.1 cm³/mol. The Kier molecular flexibility index (Phi) is 3.00. The van der Waals surface area contributed by atoms with Crippen LogP contribution in [0.3, 0.4) is 0 Å². The summed E-state index contributed by atoms with van der Waals surface area (Å²) in [5.41, 5.74) is 4.76. The average molecular weight is 179 g/mol. The Labute approximate surface area is 79.1 Å². The molecule has 2 rings (SSSR count). The second-order valence-electron chi connectivity index (χ2n) is 3.60. The van der Waals surface area contributed by atoms with E-state index in [0.717, 1.165) is 6.54 Å². The van der Waals surface area contributed by atoms with E-state index in [1.165, 1.54) is 37.9 Å². The Hall–Kier alpha value is -0.800. The van der Waals surface area contributed by atoms with Crippen molar-refractivity contribution in [2.75, 3.05) is 13.1 Å². The van der Waals surface area contributed by atoms with Crippen molar-refractivity contribution in [3.05, 3.63) is 24.0 Å². The van der Waals surface area contributed by atoms with Crippen LogP contribution in [0, 0.1) is 0 Å². The SMILES string of the molecule is c1cc(CNN2CCCCC2)c[nH]1. The molecule has 72 valence electrons. The fourth-order valence-corrected chi connectivity index (χ4v) is 1.72. The number of nitrogens with zero attached hydrogens (tertiary/aromatic N) is 1. The Morgan fingerprint density at radius 2 is 2.15 bits per heavy atom. The van der Waals surface area contributed by atoms with E-state index in [2.05, 4.69) is 21.5 Å². The van der Waals surface area contributed by atoms with E-state index < -0.39 is 0 Å². The quantitative estimate of drug-likeness (QED) is 0.737. The van der Waals surface area contributed by atoms with Gasteiger partial charge in [0.05, 0.1) is 0 Å². The molecule has 0 aromatic carbocycles. The van der Waals surface area contributed by atoms with Gasteiger partial charge in [-0.15, -0.1) is 0 Å². The Morgan fingerprint density at radius 3 is 2.85 bits per heavy atom. The van der Waals surface area contributed by atoms with Gasteiger partial charge in [-0.1, -0.05) is 6.42 Å². The lowest BCUT2D eigenvalue weighted by Crippen LogP contribution is -2.41. The average Bonchev–Trinajstić information content (AvgIpc) is 2.69. The van der Waals surface area contributed by atoms with Gasteiger partial charge in [0.2, 0.25) is 0 Å². The molecule has 0 bridgehead atoms. The zero-order chi connectivity index (χ0) is 8.93. The summed E-state index contributed by atoms with van der Waals surface area (Å²) in [6, 6.07) is 2.11. The Bertz CT molecular complexity index is 224. The number of piperidine rings is 1. The van der Waals surface area contributed by atoms with Crippen LogP contribution in [0.2, 0.25) is 0 Å². The number of hydrazine groups is 1. The molecule has 0 saturated carbocycles. The molecular weight excluding hydrogens is 162 g/mol. The first-order valence-corrected chi connectivity index (χ1v) is 5.05. The molecule has 1 saturated heterocycles. The van der Waals surface area contributed by atoms with Crippen LogP contribution in [0.15, 0.2) is 18.5 Å². The van der Waals surface area contributed by atoms with Crippen LogP contribution in [0.25, 0.3) is 0 Å². The standard InChI is InChI=1S/C10H17N3/c1-2-6-13(7-3-1)12-9-10-4-5-11-8-10/h4-5,8,11-12H,1-3,6-7,9H2. The minimum absolute atomic E-state index is 0.948. The zero-order valence-electron chi connectivity index (χ0n) is 7.92. The largest absolute Gasteiger partial charge is 0.367 e. The van der Waals surface area contributed by atoms with Gasteiger partial charge in [-0.05, 0) is 24.5 Å². The van der Waals surface area contributed by atoms with Crippen molar-refractivity contribution >= 4 is 0 Å². The van der Waals surface area contributed by atoms with E-state index in [9.17, 15) is 0 Å². The molecule has 2 heterocycles. The summed E-state index contributed by atoms with van der Waals surface area (Å²) in [5, 5.41) is 2.33. The van der Waals surface area contributed by atoms with Gasteiger partial charge in [-0.3, -0.25) is 5.43 Å². The van der Waals surface area contributed by atoms with Crippen molar-refractivity contribution in [3.8, 4) is 0 Å². The molecule has 1 aromatic heterocycles. The van der Waals surface area contributed by atoms with E-state index in [4.69, 9.17) is 0 Å². The molecular formula is C10H17N3. The molecule has 1 fully saturated rings. The maximum absolute atomic E-state index is 3.44. The summed E-state index contributed by atoms with van der Waals surface area (Å²) in [7, 11) is 0. The number of aromatic amines is 1. The van der Waals surface area contributed by atoms with Gasteiger partial charge in [-0.2, -0.15) is 0 Å². The zero-order valence-corrected chi connectivity index (χ0v) is 7.92. The Morgan fingerprint density at radius 1 is 1.31 bits per heavy atom. The minimum Gasteiger partial charge on any atom is -0.367 e. The molecule has 0 atom stereocenters. The molecule has 3 nitrogen and oxygen atoms in total. The van der Waals surface area contributed by atoms with Crippen molar-refractivity contribution in [1.29, 1.82) is 0 Å². The molecule has 1 aliphatic heterocycles. The molecule has 1 aromatic rings. The molecule has 0 radical (unpaired) electrons. The first-order valence-electron chi connectivity index (χ1n) is 5.05. The van der Waals surface area contributed by atoms with Crippen LogP contribution in [0.1, 0.15) is 24.8 Å².